The number of piperidine rings is 1. The molecular weight excluding hydrogens is 276 g/mol. The molecule has 20 heavy (non-hydrogen) atoms. The number of benzene rings is 1. The van der Waals surface area contributed by atoms with Crippen LogP contribution in [0.1, 0.15) is 18.9 Å². The van der Waals surface area contributed by atoms with Crippen LogP contribution in [0.2, 0.25) is 5.02 Å². The lowest BCUT2D eigenvalue weighted by molar-refractivity contribution is -0.121. The number of ether oxygens (including phenoxy) is 1. The lowest BCUT2D eigenvalue weighted by Crippen LogP contribution is -2.48. The van der Waals surface area contributed by atoms with Gasteiger partial charge in [-0.25, -0.2) is 0 Å². The van der Waals surface area contributed by atoms with Gasteiger partial charge in [0.05, 0.1) is 13.5 Å². The van der Waals surface area contributed by atoms with Gasteiger partial charge in [-0.1, -0.05) is 18.5 Å². The minimum Gasteiger partial charge on any atom is -0.496 e. The summed E-state index contributed by atoms with van der Waals surface area (Å²) < 4.78 is 5.26. The van der Waals surface area contributed by atoms with E-state index < -0.39 is 0 Å². The van der Waals surface area contributed by atoms with Crippen LogP contribution in [0.5, 0.6) is 5.75 Å². The van der Waals surface area contributed by atoms with Gasteiger partial charge in [-0.3, -0.25) is 4.79 Å². The summed E-state index contributed by atoms with van der Waals surface area (Å²) in [5.41, 5.74) is 0.819. The number of nitrogens with one attached hydrogen (secondary N) is 2. The number of halogens is 1. The van der Waals surface area contributed by atoms with E-state index in [-0.39, 0.29) is 11.9 Å². The van der Waals surface area contributed by atoms with Crippen molar-refractivity contribution in [3.05, 3.63) is 28.8 Å². The first-order valence-electron chi connectivity index (χ1n) is 6.92. The molecule has 5 heteroatoms. The van der Waals surface area contributed by atoms with Crippen molar-refractivity contribution in [2.75, 3.05) is 20.2 Å². The molecule has 1 aromatic rings. The molecule has 0 aliphatic carbocycles. The summed E-state index contributed by atoms with van der Waals surface area (Å²) in [6.45, 7) is 4.05. The van der Waals surface area contributed by atoms with Crippen molar-refractivity contribution in [2.24, 2.45) is 5.92 Å². The van der Waals surface area contributed by atoms with E-state index in [2.05, 4.69) is 17.6 Å². The summed E-state index contributed by atoms with van der Waals surface area (Å²) >= 11 is 5.98. The van der Waals surface area contributed by atoms with E-state index in [0.717, 1.165) is 25.1 Å². The molecule has 2 atom stereocenters. The van der Waals surface area contributed by atoms with Gasteiger partial charge in [-0.05, 0) is 43.6 Å². The fraction of sp³-hybridized carbons (Fsp3) is 0.533. The second-order valence-electron chi connectivity index (χ2n) is 5.28. The van der Waals surface area contributed by atoms with E-state index in [0.29, 0.717) is 23.1 Å². The fourth-order valence-electron chi connectivity index (χ4n) is 2.54. The Labute approximate surface area is 124 Å². The van der Waals surface area contributed by atoms with Gasteiger partial charge in [0.25, 0.3) is 0 Å². The highest BCUT2D eigenvalue weighted by Crippen LogP contribution is 2.23. The van der Waals surface area contributed by atoms with Crippen LogP contribution >= 0.6 is 11.6 Å². The van der Waals surface area contributed by atoms with Crippen LogP contribution < -0.4 is 15.4 Å². The highest BCUT2D eigenvalue weighted by atomic mass is 35.5. The van der Waals surface area contributed by atoms with Gasteiger partial charge in [-0.2, -0.15) is 0 Å². The van der Waals surface area contributed by atoms with Gasteiger partial charge < -0.3 is 15.4 Å². The predicted octanol–water partition coefficient (Wildman–Crippen LogP) is 2.01. The lowest BCUT2D eigenvalue weighted by Gasteiger charge is -2.30. The van der Waals surface area contributed by atoms with Crippen molar-refractivity contribution in [3.63, 3.8) is 0 Å². The molecule has 0 saturated carbocycles. The number of methoxy groups -OCH3 is 1. The van der Waals surface area contributed by atoms with Crippen molar-refractivity contribution >= 4 is 17.5 Å². The summed E-state index contributed by atoms with van der Waals surface area (Å²) in [6, 6.07) is 5.58. The Hall–Kier alpha value is -1.26. The highest BCUT2D eigenvalue weighted by Gasteiger charge is 2.22. The average Bonchev–Trinajstić information content (AvgIpc) is 2.41. The van der Waals surface area contributed by atoms with E-state index in [1.54, 1.807) is 25.3 Å². The van der Waals surface area contributed by atoms with E-state index in [4.69, 9.17) is 16.3 Å². The SMILES string of the molecule is COc1ccc(Cl)cc1CC(=O)NC1CCNCC1C. The van der Waals surface area contributed by atoms with Crippen LogP contribution in [0.4, 0.5) is 0 Å². The topological polar surface area (TPSA) is 50.4 Å². The fourth-order valence-corrected chi connectivity index (χ4v) is 2.74. The first-order chi connectivity index (χ1) is 9.60. The zero-order valence-corrected chi connectivity index (χ0v) is 12.7. The summed E-state index contributed by atoms with van der Waals surface area (Å²) in [6.07, 6.45) is 1.26. The zero-order chi connectivity index (χ0) is 14.5. The summed E-state index contributed by atoms with van der Waals surface area (Å²) in [5, 5.41) is 7.05. The highest BCUT2D eigenvalue weighted by molar-refractivity contribution is 6.30. The number of amides is 1. The van der Waals surface area contributed by atoms with Crippen molar-refractivity contribution in [1.29, 1.82) is 0 Å². The molecule has 0 bridgehead atoms. The monoisotopic (exact) mass is 296 g/mol. The molecule has 1 aliphatic heterocycles. The molecule has 2 N–H and O–H groups in total. The minimum absolute atomic E-state index is 0.0179. The Bertz CT molecular complexity index is 479. The van der Waals surface area contributed by atoms with Gasteiger partial charge in [0.15, 0.2) is 0 Å². The Kier molecular flexibility index (Phi) is 5.26. The van der Waals surface area contributed by atoms with E-state index >= 15 is 0 Å². The van der Waals surface area contributed by atoms with E-state index in [9.17, 15) is 4.79 Å². The first kappa shape index (κ1) is 15.1. The van der Waals surface area contributed by atoms with Gasteiger partial charge in [0.2, 0.25) is 5.91 Å². The number of carbonyl (C=O) groups excluding carboxylic acids is 1. The van der Waals surface area contributed by atoms with Crippen molar-refractivity contribution in [3.8, 4) is 5.75 Å². The maximum Gasteiger partial charge on any atom is 0.224 e. The summed E-state index contributed by atoms with van der Waals surface area (Å²) in [5.74, 6) is 1.17. The van der Waals surface area contributed by atoms with Crippen molar-refractivity contribution in [2.45, 2.75) is 25.8 Å². The van der Waals surface area contributed by atoms with Crippen LogP contribution in [0.3, 0.4) is 0 Å². The predicted molar refractivity (Wildman–Crippen MR) is 80.3 cm³/mol. The number of carbonyl (C=O) groups is 1. The largest absolute Gasteiger partial charge is 0.496 e. The van der Waals surface area contributed by atoms with Gasteiger partial charge in [-0.15, -0.1) is 0 Å². The standard InChI is InChI=1S/C15H21ClN2O2/c1-10-9-17-6-5-13(10)18-15(19)8-11-7-12(16)3-4-14(11)20-2/h3-4,7,10,13,17H,5-6,8-9H2,1-2H3,(H,18,19). The third-order valence-corrected chi connectivity index (χ3v) is 3.96. The number of hydrogen-bond acceptors (Lipinski definition) is 3. The molecule has 0 spiro atoms. The molecule has 1 heterocycles. The molecule has 1 aromatic carbocycles. The third kappa shape index (κ3) is 3.87. The Morgan fingerprint density at radius 3 is 3.05 bits per heavy atom. The van der Waals surface area contributed by atoms with E-state index in [1.807, 2.05) is 0 Å². The van der Waals surface area contributed by atoms with Gasteiger partial charge in [0.1, 0.15) is 5.75 Å². The molecular formula is C15H21ClN2O2. The van der Waals surface area contributed by atoms with Gasteiger partial charge >= 0.3 is 0 Å². The Morgan fingerprint density at radius 2 is 2.35 bits per heavy atom. The van der Waals surface area contributed by atoms with Crippen molar-refractivity contribution in [1.82, 2.24) is 10.6 Å². The first-order valence-corrected chi connectivity index (χ1v) is 7.30. The van der Waals surface area contributed by atoms with Crippen LogP contribution in [-0.4, -0.2) is 32.1 Å². The van der Waals surface area contributed by atoms with Crippen LogP contribution in [0.15, 0.2) is 18.2 Å². The number of rotatable bonds is 4. The molecule has 4 nitrogen and oxygen atoms in total. The maximum absolute atomic E-state index is 12.2. The normalized spacial score (nSPS) is 22.4. The molecule has 0 aromatic heterocycles. The Morgan fingerprint density at radius 1 is 1.55 bits per heavy atom. The minimum atomic E-state index is 0.0179. The summed E-state index contributed by atoms with van der Waals surface area (Å²) in [4.78, 5) is 12.2. The molecule has 2 rings (SSSR count). The second-order valence-corrected chi connectivity index (χ2v) is 5.71. The maximum atomic E-state index is 12.2. The van der Waals surface area contributed by atoms with Crippen LogP contribution in [0.25, 0.3) is 0 Å². The molecule has 0 radical (unpaired) electrons. The Balaban J connectivity index is 1.99. The van der Waals surface area contributed by atoms with E-state index in [1.165, 1.54) is 0 Å². The smallest absolute Gasteiger partial charge is 0.224 e. The van der Waals surface area contributed by atoms with Crippen LogP contribution in [-0.2, 0) is 11.2 Å². The second kappa shape index (κ2) is 6.95. The molecule has 1 saturated heterocycles. The number of hydrogen-bond donors (Lipinski definition) is 2. The molecule has 1 fully saturated rings. The quantitative estimate of drug-likeness (QED) is 0.893. The van der Waals surface area contributed by atoms with Crippen molar-refractivity contribution < 1.29 is 9.53 Å². The van der Waals surface area contributed by atoms with Crippen LogP contribution in [0, 0.1) is 5.92 Å². The average molecular weight is 297 g/mol. The molecule has 1 aliphatic rings. The zero-order valence-electron chi connectivity index (χ0n) is 11.9. The molecule has 2 unspecified atom stereocenters. The molecule has 1 amide bonds. The summed E-state index contributed by atoms with van der Waals surface area (Å²) in [7, 11) is 1.60. The van der Waals surface area contributed by atoms with Gasteiger partial charge in [0, 0.05) is 16.6 Å². The molecule has 110 valence electrons. The lowest BCUT2D eigenvalue weighted by atomic mass is 9.95. The third-order valence-electron chi connectivity index (χ3n) is 3.73.